The number of hydrogen-bond donors (Lipinski definition) is 2. The fourth-order valence-corrected chi connectivity index (χ4v) is 1.30. The molecule has 1 unspecified atom stereocenters. The van der Waals surface area contributed by atoms with Gasteiger partial charge in [0.05, 0.1) is 5.92 Å². The predicted octanol–water partition coefficient (Wildman–Crippen LogP) is 1.29. The van der Waals surface area contributed by atoms with E-state index < -0.39 is 11.9 Å². The monoisotopic (exact) mass is 286 g/mol. The zero-order chi connectivity index (χ0) is 12.1. The Kier molecular flexibility index (Phi) is 4.42. The number of halogens is 1. The maximum Gasteiger partial charge on any atom is 0.308 e. The normalized spacial score (nSPS) is 11.9. The van der Waals surface area contributed by atoms with Crippen molar-refractivity contribution in [1.82, 2.24) is 10.3 Å². The summed E-state index contributed by atoms with van der Waals surface area (Å²) in [5.41, 5.74) is 0.256. The second kappa shape index (κ2) is 5.60. The van der Waals surface area contributed by atoms with E-state index in [9.17, 15) is 9.59 Å². The third-order valence-electron chi connectivity index (χ3n) is 1.94. The first-order valence-corrected chi connectivity index (χ1v) is 5.43. The van der Waals surface area contributed by atoms with E-state index in [-0.39, 0.29) is 18.1 Å². The van der Waals surface area contributed by atoms with E-state index in [4.69, 9.17) is 5.11 Å². The summed E-state index contributed by atoms with van der Waals surface area (Å²) >= 11 is 3.15. The fourth-order valence-electron chi connectivity index (χ4n) is 0.958. The molecular weight excluding hydrogens is 276 g/mol. The molecule has 0 saturated heterocycles. The van der Waals surface area contributed by atoms with Crippen LogP contribution in [0.5, 0.6) is 0 Å². The summed E-state index contributed by atoms with van der Waals surface area (Å²) in [6.07, 6.45) is 0. The number of amides is 1. The average molecular weight is 287 g/mol. The highest BCUT2D eigenvalue weighted by Gasteiger charge is 2.13. The van der Waals surface area contributed by atoms with Crippen molar-refractivity contribution in [1.29, 1.82) is 0 Å². The smallest absolute Gasteiger partial charge is 0.308 e. The van der Waals surface area contributed by atoms with E-state index in [2.05, 4.69) is 26.2 Å². The van der Waals surface area contributed by atoms with Crippen LogP contribution in [0.3, 0.4) is 0 Å². The van der Waals surface area contributed by atoms with Crippen LogP contribution in [0.1, 0.15) is 17.4 Å². The third kappa shape index (κ3) is 3.62. The van der Waals surface area contributed by atoms with Gasteiger partial charge in [0.25, 0.3) is 5.91 Å². The van der Waals surface area contributed by atoms with Gasteiger partial charge in [-0.25, -0.2) is 4.98 Å². The predicted molar refractivity (Wildman–Crippen MR) is 61.1 cm³/mol. The Morgan fingerprint density at radius 1 is 1.56 bits per heavy atom. The number of aromatic nitrogens is 1. The lowest BCUT2D eigenvalue weighted by Gasteiger charge is -2.07. The first-order valence-electron chi connectivity index (χ1n) is 4.64. The van der Waals surface area contributed by atoms with Gasteiger partial charge in [0.1, 0.15) is 10.3 Å². The molecule has 1 heterocycles. The number of aliphatic carboxylic acids is 1. The number of pyridine rings is 1. The van der Waals surface area contributed by atoms with Crippen molar-refractivity contribution in [2.45, 2.75) is 6.92 Å². The van der Waals surface area contributed by atoms with Gasteiger partial charge >= 0.3 is 5.97 Å². The highest BCUT2D eigenvalue weighted by molar-refractivity contribution is 9.10. The number of nitrogens with zero attached hydrogens (tertiary/aromatic N) is 1. The van der Waals surface area contributed by atoms with Crippen LogP contribution in [0.4, 0.5) is 0 Å². The lowest BCUT2D eigenvalue weighted by atomic mass is 10.2. The summed E-state index contributed by atoms with van der Waals surface area (Å²) in [6.45, 7) is 1.61. The molecular formula is C10H11BrN2O3. The molecule has 0 radical (unpaired) electrons. The standard InChI is InChI=1S/C10H11BrN2O3/c1-6(10(15)16)5-12-9(14)7-3-2-4-8(11)13-7/h2-4,6H,5H2,1H3,(H,12,14)(H,15,16). The van der Waals surface area contributed by atoms with Crippen LogP contribution in [0, 0.1) is 5.92 Å². The van der Waals surface area contributed by atoms with Gasteiger partial charge in [0.15, 0.2) is 0 Å². The molecule has 5 nitrogen and oxygen atoms in total. The van der Waals surface area contributed by atoms with Crippen LogP contribution >= 0.6 is 15.9 Å². The van der Waals surface area contributed by atoms with Gasteiger partial charge in [0, 0.05) is 6.54 Å². The minimum Gasteiger partial charge on any atom is -0.481 e. The first kappa shape index (κ1) is 12.6. The molecule has 0 aliphatic rings. The van der Waals surface area contributed by atoms with E-state index in [0.29, 0.717) is 4.60 Å². The Morgan fingerprint density at radius 2 is 2.25 bits per heavy atom. The van der Waals surface area contributed by atoms with E-state index in [0.717, 1.165) is 0 Å². The molecule has 0 bridgehead atoms. The highest BCUT2D eigenvalue weighted by atomic mass is 79.9. The van der Waals surface area contributed by atoms with Crippen molar-refractivity contribution in [3.8, 4) is 0 Å². The first-order chi connectivity index (χ1) is 7.50. The number of carboxylic acid groups (broad SMARTS) is 1. The molecule has 86 valence electrons. The molecule has 0 aliphatic carbocycles. The Hall–Kier alpha value is -1.43. The number of nitrogens with one attached hydrogen (secondary N) is 1. The van der Waals surface area contributed by atoms with Crippen LogP contribution in [0.2, 0.25) is 0 Å². The summed E-state index contributed by atoms with van der Waals surface area (Å²) in [6, 6.07) is 4.95. The third-order valence-corrected chi connectivity index (χ3v) is 2.38. The number of carbonyl (C=O) groups excluding carboxylic acids is 1. The molecule has 6 heteroatoms. The molecule has 1 amide bonds. The molecule has 0 spiro atoms. The van der Waals surface area contributed by atoms with Gasteiger partial charge in [-0.05, 0) is 28.1 Å². The summed E-state index contributed by atoms with van der Waals surface area (Å²) in [5.74, 6) is -1.94. The van der Waals surface area contributed by atoms with Crippen LogP contribution < -0.4 is 5.32 Å². The topological polar surface area (TPSA) is 79.3 Å². The largest absolute Gasteiger partial charge is 0.481 e. The molecule has 0 aliphatic heterocycles. The number of carboxylic acids is 1. The zero-order valence-corrected chi connectivity index (χ0v) is 10.2. The zero-order valence-electron chi connectivity index (χ0n) is 8.61. The van der Waals surface area contributed by atoms with Crippen LogP contribution in [-0.2, 0) is 4.79 Å². The number of rotatable bonds is 4. The van der Waals surface area contributed by atoms with E-state index in [1.807, 2.05) is 0 Å². The lowest BCUT2D eigenvalue weighted by Crippen LogP contribution is -2.31. The molecule has 1 aromatic heterocycles. The molecule has 0 aromatic carbocycles. The van der Waals surface area contributed by atoms with Crippen molar-refractivity contribution >= 4 is 27.8 Å². The van der Waals surface area contributed by atoms with Crippen LogP contribution in [0.25, 0.3) is 0 Å². The second-order valence-corrected chi connectivity index (χ2v) is 4.11. The van der Waals surface area contributed by atoms with E-state index in [1.54, 1.807) is 18.2 Å². The minimum absolute atomic E-state index is 0.0857. The SMILES string of the molecule is CC(CNC(=O)c1cccc(Br)n1)C(=O)O. The van der Waals surface area contributed by atoms with Crippen LogP contribution in [0.15, 0.2) is 22.8 Å². The number of carbonyl (C=O) groups is 2. The highest BCUT2D eigenvalue weighted by Crippen LogP contribution is 2.06. The van der Waals surface area contributed by atoms with Crippen molar-refractivity contribution in [2.75, 3.05) is 6.54 Å². The Bertz CT molecular complexity index is 409. The Morgan fingerprint density at radius 3 is 2.81 bits per heavy atom. The molecule has 1 atom stereocenters. The van der Waals surface area contributed by atoms with Gasteiger partial charge in [-0.15, -0.1) is 0 Å². The quantitative estimate of drug-likeness (QED) is 0.818. The Balaban J connectivity index is 2.56. The molecule has 0 fully saturated rings. The molecule has 1 aromatic rings. The van der Waals surface area contributed by atoms with Gasteiger partial charge < -0.3 is 10.4 Å². The van der Waals surface area contributed by atoms with Crippen molar-refractivity contribution < 1.29 is 14.7 Å². The summed E-state index contributed by atoms with van der Waals surface area (Å²) in [7, 11) is 0. The fraction of sp³-hybridized carbons (Fsp3) is 0.300. The number of hydrogen-bond acceptors (Lipinski definition) is 3. The second-order valence-electron chi connectivity index (χ2n) is 3.29. The van der Waals surface area contributed by atoms with Crippen molar-refractivity contribution in [3.05, 3.63) is 28.5 Å². The Labute approximate surface area is 101 Å². The van der Waals surface area contributed by atoms with Gasteiger partial charge in [-0.2, -0.15) is 0 Å². The maximum atomic E-state index is 11.5. The lowest BCUT2D eigenvalue weighted by molar-refractivity contribution is -0.140. The van der Waals surface area contributed by atoms with E-state index in [1.165, 1.54) is 6.92 Å². The van der Waals surface area contributed by atoms with Crippen molar-refractivity contribution in [2.24, 2.45) is 5.92 Å². The molecule has 2 N–H and O–H groups in total. The van der Waals surface area contributed by atoms with Crippen LogP contribution in [-0.4, -0.2) is 28.5 Å². The molecule has 1 rings (SSSR count). The van der Waals surface area contributed by atoms with Gasteiger partial charge in [-0.3, -0.25) is 9.59 Å². The van der Waals surface area contributed by atoms with Gasteiger partial charge in [-0.1, -0.05) is 13.0 Å². The average Bonchev–Trinajstić information content (AvgIpc) is 2.25. The summed E-state index contributed by atoms with van der Waals surface area (Å²) < 4.78 is 0.562. The minimum atomic E-state index is -0.942. The molecule has 16 heavy (non-hydrogen) atoms. The molecule has 0 saturated carbocycles. The summed E-state index contributed by atoms with van der Waals surface area (Å²) in [5, 5.41) is 11.1. The van der Waals surface area contributed by atoms with Gasteiger partial charge in [0.2, 0.25) is 0 Å². The van der Waals surface area contributed by atoms with Crippen molar-refractivity contribution in [3.63, 3.8) is 0 Å². The van der Waals surface area contributed by atoms with E-state index >= 15 is 0 Å². The maximum absolute atomic E-state index is 11.5. The summed E-state index contributed by atoms with van der Waals surface area (Å²) in [4.78, 5) is 26.0.